The smallest absolute Gasteiger partial charge is 0.258 e. The van der Waals surface area contributed by atoms with Crippen molar-refractivity contribution in [2.75, 3.05) is 22.9 Å². The first-order chi connectivity index (χ1) is 18.9. The Kier molecular flexibility index (Phi) is 7.82. The lowest BCUT2D eigenvalue weighted by molar-refractivity contribution is -0.129. The third-order valence-electron chi connectivity index (χ3n) is 8.27. The molecule has 2 aliphatic heterocycles. The number of para-hydroxylation sites is 2. The first kappa shape index (κ1) is 26.7. The van der Waals surface area contributed by atoms with E-state index < -0.39 is 0 Å². The molecule has 3 amide bonds. The molecule has 3 aromatic rings. The van der Waals surface area contributed by atoms with E-state index in [4.69, 9.17) is 0 Å². The fraction of sp³-hybridized carbons (Fsp3) is 0.364. The molecule has 0 N–H and O–H groups in total. The van der Waals surface area contributed by atoms with E-state index in [1.165, 1.54) is 5.56 Å². The molecule has 2 heterocycles. The molecule has 39 heavy (non-hydrogen) atoms. The van der Waals surface area contributed by atoms with Crippen molar-refractivity contribution >= 4 is 29.1 Å². The highest BCUT2D eigenvalue weighted by atomic mass is 16.2. The molecular weight excluding hydrogens is 486 g/mol. The van der Waals surface area contributed by atoms with Gasteiger partial charge in [-0.3, -0.25) is 14.4 Å². The Morgan fingerprint density at radius 1 is 0.872 bits per heavy atom. The molecule has 0 bridgehead atoms. The van der Waals surface area contributed by atoms with Gasteiger partial charge in [0, 0.05) is 49.4 Å². The Bertz CT molecular complexity index is 1330. The molecular formula is C33H37N3O3. The van der Waals surface area contributed by atoms with Crippen LogP contribution in [0.25, 0.3) is 0 Å². The highest BCUT2D eigenvalue weighted by Gasteiger charge is 2.38. The predicted octanol–water partition coefficient (Wildman–Crippen LogP) is 6.34. The third kappa shape index (κ3) is 5.33. The van der Waals surface area contributed by atoms with E-state index in [0.717, 1.165) is 42.9 Å². The van der Waals surface area contributed by atoms with Crippen LogP contribution >= 0.6 is 0 Å². The van der Waals surface area contributed by atoms with E-state index in [2.05, 4.69) is 19.1 Å². The van der Waals surface area contributed by atoms with Crippen LogP contribution in [0.3, 0.4) is 0 Å². The van der Waals surface area contributed by atoms with Crippen LogP contribution in [0.4, 0.5) is 11.4 Å². The van der Waals surface area contributed by atoms with Gasteiger partial charge in [0.1, 0.15) is 0 Å². The fourth-order valence-corrected chi connectivity index (χ4v) is 6.16. The molecule has 202 valence electrons. The quantitative estimate of drug-likeness (QED) is 0.392. The summed E-state index contributed by atoms with van der Waals surface area (Å²) < 4.78 is 0. The summed E-state index contributed by atoms with van der Waals surface area (Å²) in [4.78, 5) is 44.5. The second kappa shape index (κ2) is 11.4. The number of fused-ring (bicyclic) bond motifs is 1. The summed E-state index contributed by atoms with van der Waals surface area (Å²) in [6, 6.07) is 25.6. The maximum absolute atomic E-state index is 13.9. The van der Waals surface area contributed by atoms with E-state index in [1.807, 2.05) is 88.4 Å². The highest BCUT2D eigenvalue weighted by Crippen LogP contribution is 2.43. The molecule has 0 spiro atoms. The van der Waals surface area contributed by atoms with Gasteiger partial charge in [0.2, 0.25) is 11.8 Å². The van der Waals surface area contributed by atoms with Crippen molar-refractivity contribution in [3.05, 3.63) is 95.6 Å². The number of carbonyl (C=O) groups is 3. The minimum absolute atomic E-state index is 0.0283. The Balaban J connectivity index is 1.41. The summed E-state index contributed by atoms with van der Waals surface area (Å²) in [6.07, 6.45) is 2.94. The van der Waals surface area contributed by atoms with Gasteiger partial charge in [0.25, 0.3) is 5.91 Å². The van der Waals surface area contributed by atoms with Crippen molar-refractivity contribution in [2.45, 2.75) is 64.5 Å². The molecule has 3 aromatic carbocycles. The van der Waals surface area contributed by atoms with Crippen molar-refractivity contribution in [1.82, 2.24) is 4.90 Å². The molecule has 1 fully saturated rings. The molecule has 2 aliphatic rings. The monoisotopic (exact) mass is 523 g/mol. The fourth-order valence-electron chi connectivity index (χ4n) is 6.16. The van der Waals surface area contributed by atoms with Gasteiger partial charge < -0.3 is 14.7 Å². The van der Waals surface area contributed by atoms with Crippen LogP contribution in [0, 0.1) is 0 Å². The average molecular weight is 524 g/mol. The number of hydrogen-bond acceptors (Lipinski definition) is 3. The zero-order chi connectivity index (χ0) is 27.5. The van der Waals surface area contributed by atoms with E-state index in [-0.39, 0.29) is 29.8 Å². The lowest BCUT2D eigenvalue weighted by Gasteiger charge is -2.43. The molecule has 0 saturated carbocycles. The number of anilines is 2. The molecule has 0 aliphatic carbocycles. The number of likely N-dealkylation sites (tertiary alicyclic amines) is 1. The number of piperidine rings is 1. The van der Waals surface area contributed by atoms with E-state index in [1.54, 1.807) is 6.92 Å². The van der Waals surface area contributed by atoms with Crippen LogP contribution in [-0.4, -0.2) is 41.8 Å². The Morgan fingerprint density at radius 3 is 2.15 bits per heavy atom. The largest absolute Gasteiger partial charge is 0.343 e. The number of nitrogens with zero attached hydrogens (tertiary/aromatic N) is 3. The van der Waals surface area contributed by atoms with Gasteiger partial charge in [-0.25, -0.2) is 0 Å². The van der Waals surface area contributed by atoms with E-state index >= 15 is 0 Å². The van der Waals surface area contributed by atoms with Crippen molar-refractivity contribution in [3.63, 3.8) is 0 Å². The third-order valence-corrected chi connectivity index (χ3v) is 8.27. The van der Waals surface area contributed by atoms with Crippen LogP contribution in [0.5, 0.6) is 0 Å². The van der Waals surface area contributed by atoms with Gasteiger partial charge in [-0.1, -0.05) is 55.5 Å². The Hall–Kier alpha value is -3.93. The first-order valence-electron chi connectivity index (χ1n) is 14.0. The molecule has 1 saturated heterocycles. The van der Waals surface area contributed by atoms with Gasteiger partial charge in [0.15, 0.2) is 0 Å². The van der Waals surface area contributed by atoms with E-state index in [0.29, 0.717) is 24.3 Å². The van der Waals surface area contributed by atoms with Gasteiger partial charge in [-0.15, -0.1) is 0 Å². The van der Waals surface area contributed by atoms with Crippen LogP contribution in [0.1, 0.15) is 79.9 Å². The normalized spacial score (nSPS) is 19.4. The van der Waals surface area contributed by atoms with Crippen LogP contribution in [0.15, 0.2) is 78.9 Å². The zero-order valence-corrected chi connectivity index (χ0v) is 23.0. The summed E-state index contributed by atoms with van der Waals surface area (Å²) in [7, 11) is 0. The summed E-state index contributed by atoms with van der Waals surface area (Å²) in [5.74, 6) is 0.580. The topological polar surface area (TPSA) is 60.9 Å². The van der Waals surface area contributed by atoms with Crippen molar-refractivity contribution < 1.29 is 14.4 Å². The molecule has 0 radical (unpaired) electrons. The Labute approximate surface area is 231 Å². The van der Waals surface area contributed by atoms with Crippen molar-refractivity contribution in [3.8, 4) is 0 Å². The highest BCUT2D eigenvalue weighted by molar-refractivity contribution is 6.07. The Morgan fingerprint density at radius 2 is 1.51 bits per heavy atom. The van der Waals surface area contributed by atoms with Gasteiger partial charge in [-0.05, 0) is 73.6 Å². The van der Waals surface area contributed by atoms with Gasteiger partial charge in [-0.2, -0.15) is 0 Å². The summed E-state index contributed by atoms with van der Waals surface area (Å²) in [5, 5.41) is 0. The van der Waals surface area contributed by atoms with Crippen LogP contribution in [-0.2, 0) is 9.59 Å². The molecule has 6 heteroatoms. The number of hydrogen-bond donors (Lipinski definition) is 0. The van der Waals surface area contributed by atoms with Gasteiger partial charge in [0.05, 0.1) is 6.04 Å². The molecule has 0 aromatic heterocycles. The second-order valence-electron chi connectivity index (χ2n) is 10.7. The van der Waals surface area contributed by atoms with Crippen LogP contribution < -0.4 is 9.80 Å². The lowest BCUT2D eigenvalue weighted by Crippen LogP contribution is -2.47. The first-order valence-corrected chi connectivity index (χ1v) is 14.0. The number of benzene rings is 3. The molecule has 2 atom stereocenters. The molecule has 5 rings (SSSR count). The van der Waals surface area contributed by atoms with Crippen molar-refractivity contribution in [1.29, 1.82) is 0 Å². The van der Waals surface area contributed by atoms with Crippen LogP contribution in [0.2, 0.25) is 0 Å². The molecule has 6 nitrogen and oxygen atoms in total. The van der Waals surface area contributed by atoms with E-state index in [9.17, 15) is 14.4 Å². The summed E-state index contributed by atoms with van der Waals surface area (Å²) >= 11 is 0. The maximum Gasteiger partial charge on any atom is 0.258 e. The average Bonchev–Trinajstić information content (AvgIpc) is 2.97. The molecule has 0 unspecified atom stereocenters. The zero-order valence-electron chi connectivity index (χ0n) is 23.0. The summed E-state index contributed by atoms with van der Waals surface area (Å²) in [5.41, 5.74) is 4.60. The second-order valence-corrected chi connectivity index (χ2v) is 10.7. The minimum atomic E-state index is -0.154. The summed E-state index contributed by atoms with van der Waals surface area (Å²) in [6.45, 7) is 7.15. The standard InChI is InChI=1S/C33H37N3O3/c1-4-32(38)36(28-10-6-5-7-11-28)31-22-23(2)35(30-13-9-8-12-29(30)31)33(39)27-16-14-25(15-17-27)26-18-20-34(21-19-26)24(3)37/h5-17,23,26,31H,4,18-22H2,1-3H3/t23-,31+/m0/s1. The minimum Gasteiger partial charge on any atom is -0.343 e. The maximum atomic E-state index is 13.9. The number of rotatable bonds is 5. The predicted molar refractivity (Wildman–Crippen MR) is 155 cm³/mol. The SMILES string of the molecule is CCC(=O)N(c1ccccc1)[C@@H]1C[C@H](C)N(C(=O)c2ccc(C3CCN(C(C)=O)CC3)cc2)c2ccccc21. The number of carbonyl (C=O) groups excluding carboxylic acids is 3. The number of amides is 3. The van der Waals surface area contributed by atoms with Crippen molar-refractivity contribution in [2.24, 2.45) is 0 Å². The lowest BCUT2D eigenvalue weighted by atomic mass is 9.88. The van der Waals surface area contributed by atoms with Gasteiger partial charge >= 0.3 is 0 Å².